The zero-order valence-corrected chi connectivity index (χ0v) is 16.4. The number of carbonyl (C=O) groups excluding carboxylic acids is 3. The number of ketones is 1. The fraction of sp³-hybridized carbons (Fsp3) is 0.261. The molecular weight excluding hydrogens is 368 g/mol. The van der Waals surface area contributed by atoms with Crippen LogP contribution in [-0.2, 0) is 20.7 Å². The van der Waals surface area contributed by atoms with Gasteiger partial charge in [-0.15, -0.1) is 0 Å². The normalized spacial score (nSPS) is 10.7. The number of fused-ring (bicyclic) bond motifs is 1. The Morgan fingerprint density at radius 1 is 1.00 bits per heavy atom. The Hall–Kier alpha value is -3.41. The Balaban J connectivity index is 1.46. The molecule has 1 amide bonds. The number of nitrogens with one attached hydrogen (secondary N) is 2. The van der Waals surface area contributed by atoms with Gasteiger partial charge in [-0.25, -0.2) is 0 Å². The molecule has 0 spiro atoms. The Bertz CT molecular complexity index is 1010. The van der Waals surface area contributed by atoms with Crippen molar-refractivity contribution in [1.29, 1.82) is 0 Å². The van der Waals surface area contributed by atoms with Gasteiger partial charge < -0.3 is 15.0 Å². The molecule has 0 bridgehead atoms. The number of ether oxygens (including phenoxy) is 1. The van der Waals surface area contributed by atoms with Crippen LogP contribution in [0.2, 0.25) is 0 Å². The average Bonchev–Trinajstić information content (AvgIpc) is 3.14. The van der Waals surface area contributed by atoms with E-state index in [2.05, 4.69) is 10.3 Å². The number of benzene rings is 2. The fourth-order valence-corrected chi connectivity index (χ4v) is 3.07. The smallest absolute Gasteiger partial charge is 0.306 e. The molecule has 0 aliphatic rings. The van der Waals surface area contributed by atoms with Gasteiger partial charge in [0.25, 0.3) is 0 Å². The van der Waals surface area contributed by atoms with Gasteiger partial charge in [-0.05, 0) is 48.7 Å². The molecule has 1 heterocycles. The number of hydrogen-bond donors (Lipinski definition) is 2. The van der Waals surface area contributed by atoms with Gasteiger partial charge in [0.05, 0.1) is 0 Å². The molecule has 2 N–H and O–H groups in total. The summed E-state index contributed by atoms with van der Waals surface area (Å²) in [6.07, 6.45) is 3.87. The lowest BCUT2D eigenvalue weighted by atomic mass is 10.1. The largest absolute Gasteiger partial charge is 0.457 e. The lowest BCUT2D eigenvalue weighted by Crippen LogP contribution is -2.15. The highest BCUT2D eigenvalue weighted by Gasteiger charge is 2.12. The molecule has 0 radical (unpaired) electrons. The van der Waals surface area contributed by atoms with Crippen molar-refractivity contribution in [2.24, 2.45) is 0 Å². The predicted octanol–water partition coefficient (Wildman–Crippen LogP) is 4.27. The first-order chi connectivity index (χ1) is 14.1. The SMILES string of the molecule is CCCC(=O)Nc1ccc(C(=O)COC(=O)CCc2c[nH]c3ccccc23)cc1. The summed E-state index contributed by atoms with van der Waals surface area (Å²) >= 11 is 0. The van der Waals surface area contributed by atoms with Gasteiger partial charge in [-0.2, -0.15) is 0 Å². The number of aromatic nitrogens is 1. The molecule has 0 saturated carbocycles. The van der Waals surface area contributed by atoms with Crippen LogP contribution in [0.1, 0.15) is 42.1 Å². The van der Waals surface area contributed by atoms with E-state index in [0.717, 1.165) is 22.9 Å². The number of aryl methyl sites for hydroxylation is 1. The summed E-state index contributed by atoms with van der Waals surface area (Å²) in [5, 5.41) is 3.85. The van der Waals surface area contributed by atoms with E-state index in [1.165, 1.54) is 0 Å². The highest BCUT2D eigenvalue weighted by molar-refractivity contribution is 5.98. The molecule has 3 rings (SSSR count). The van der Waals surface area contributed by atoms with E-state index in [1.54, 1.807) is 24.3 Å². The molecule has 0 fully saturated rings. The highest BCUT2D eigenvalue weighted by Crippen LogP contribution is 2.19. The van der Waals surface area contributed by atoms with Crippen LogP contribution in [0.3, 0.4) is 0 Å². The molecule has 6 nitrogen and oxygen atoms in total. The van der Waals surface area contributed by atoms with Crippen molar-refractivity contribution in [3.63, 3.8) is 0 Å². The summed E-state index contributed by atoms with van der Waals surface area (Å²) in [5.74, 6) is -0.750. The van der Waals surface area contributed by atoms with Gasteiger partial charge in [0.2, 0.25) is 5.91 Å². The third kappa shape index (κ3) is 5.54. The van der Waals surface area contributed by atoms with Crippen LogP contribution in [0.5, 0.6) is 0 Å². The maximum atomic E-state index is 12.2. The van der Waals surface area contributed by atoms with E-state index in [4.69, 9.17) is 4.74 Å². The predicted molar refractivity (Wildman–Crippen MR) is 112 cm³/mol. The summed E-state index contributed by atoms with van der Waals surface area (Å²) < 4.78 is 5.13. The second-order valence-corrected chi connectivity index (χ2v) is 6.82. The maximum absolute atomic E-state index is 12.2. The van der Waals surface area contributed by atoms with Crippen LogP contribution < -0.4 is 5.32 Å². The minimum absolute atomic E-state index is 0.0595. The van der Waals surface area contributed by atoms with Crippen molar-refractivity contribution in [1.82, 2.24) is 4.98 Å². The Labute approximate surface area is 169 Å². The molecule has 29 heavy (non-hydrogen) atoms. The van der Waals surface area contributed by atoms with E-state index >= 15 is 0 Å². The third-order valence-electron chi connectivity index (χ3n) is 4.61. The van der Waals surface area contributed by atoms with Crippen molar-refractivity contribution in [2.75, 3.05) is 11.9 Å². The van der Waals surface area contributed by atoms with Gasteiger partial charge in [0, 0.05) is 41.2 Å². The number of H-pyrrole nitrogens is 1. The second kappa shape index (κ2) is 9.68. The summed E-state index contributed by atoms with van der Waals surface area (Å²) in [5.41, 5.74) is 3.14. The second-order valence-electron chi connectivity index (χ2n) is 6.82. The van der Waals surface area contributed by atoms with Crippen LogP contribution in [0.15, 0.2) is 54.7 Å². The topological polar surface area (TPSA) is 88.3 Å². The van der Waals surface area contributed by atoms with Crippen molar-refractivity contribution >= 4 is 34.3 Å². The molecule has 0 aliphatic heterocycles. The van der Waals surface area contributed by atoms with E-state index in [9.17, 15) is 14.4 Å². The summed E-state index contributed by atoms with van der Waals surface area (Å²) in [6.45, 7) is 1.64. The number of carbonyl (C=O) groups is 3. The molecule has 150 valence electrons. The molecule has 6 heteroatoms. The Morgan fingerprint density at radius 2 is 1.76 bits per heavy atom. The quantitative estimate of drug-likeness (QED) is 0.421. The van der Waals surface area contributed by atoms with Crippen LogP contribution in [0.25, 0.3) is 10.9 Å². The summed E-state index contributed by atoms with van der Waals surface area (Å²) in [7, 11) is 0. The van der Waals surface area contributed by atoms with Gasteiger partial charge >= 0.3 is 5.97 Å². The zero-order chi connectivity index (χ0) is 20.6. The first kappa shape index (κ1) is 20.3. The molecule has 3 aromatic rings. The first-order valence-electron chi connectivity index (χ1n) is 9.70. The maximum Gasteiger partial charge on any atom is 0.306 e. The lowest BCUT2D eigenvalue weighted by molar-refractivity contribution is -0.142. The zero-order valence-electron chi connectivity index (χ0n) is 16.4. The average molecular weight is 392 g/mol. The number of rotatable bonds is 9. The summed E-state index contributed by atoms with van der Waals surface area (Å²) in [4.78, 5) is 39.0. The minimum Gasteiger partial charge on any atom is -0.457 e. The van der Waals surface area contributed by atoms with Gasteiger partial charge in [-0.1, -0.05) is 25.1 Å². The lowest BCUT2D eigenvalue weighted by Gasteiger charge is -2.07. The van der Waals surface area contributed by atoms with E-state index < -0.39 is 5.97 Å². The molecular formula is C23H24N2O4. The standard InChI is InChI=1S/C23H24N2O4/c1-2-5-22(27)25-18-11-8-16(9-12-18)21(26)15-29-23(28)13-10-17-14-24-20-7-4-3-6-19(17)20/h3-4,6-9,11-12,14,24H,2,5,10,13,15H2,1H3,(H,25,27). The number of esters is 1. The van der Waals surface area contributed by atoms with Crippen molar-refractivity contribution < 1.29 is 19.1 Å². The van der Waals surface area contributed by atoms with Crippen LogP contribution in [0.4, 0.5) is 5.69 Å². The molecule has 0 unspecified atom stereocenters. The first-order valence-corrected chi connectivity index (χ1v) is 9.70. The fourth-order valence-electron chi connectivity index (χ4n) is 3.07. The minimum atomic E-state index is -0.410. The molecule has 2 aromatic carbocycles. The monoisotopic (exact) mass is 392 g/mol. The number of hydrogen-bond acceptors (Lipinski definition) is 4. The summed E-state index contributed by atoms with van der Waals surface area (Å²) in [6, 6.07) is 14.5. The molecule has 0 aliphatic carbocycles. The van der Waals surface area contributed by atoms with Crippen molar-refractivity contribution in [3.05, 3.63) is 65.9 Å². The Morgan fingerprint density at radius 3 is 2.52 bits per heavy atom. The van der Waals surface area contributed by atoms with Crippen molar-refractivity contribution in [2.45, 2.75) is 32.6 Å². The van der Waals surface area contributed by atoms with Crippen molar-refractivity contribution in [3.8, 4) is 0 Å². The number of para-hydroxylation sites is 1. The molecule has 0 saturated heterocycles. The number of amides is 1. The third-order valence-corrected chi connectivity index (χ3v) is 4.61. The number of anilines is 1. The number of aromatic amines is 1. The Kier molecular flexibility index (Phi) is 6.79. The van der Waals surface area contributed by atoms with Gasteiger partial charge in [-0.3, -0.25) is 14.4 Å². The van der Waals surface area contributed by atoms with E-state index in [-0.39, 0.29) is 24.7 Å². The van der Waals surface area contributed by atoms with E-state index in [0.29, 0.717) is 24.1 Å². The van der Waals surface area contributed by atoms with Crippen LogP contribution in [-0.4, -0.2) is 29.3 Å². The number of Topliss-reactive ketones (excluding diaryl/α,β-unsaturated/α-hetero) is 1. The molecule has 1 aromatic heterocycles. The van der Waals surface area contributed by atoms with Crippen LogP contribution in [0, 0.1) is 0 Å². The van der Waals surface area contributed by atoms with Gasteiger partial charge in [0.1, 0.15) is 0 Å². The van der Waals surface area contributed by atoms with E-state index in [1.807, 2.05) is 37.4 Å². The molecule has 0 atom stereocenters. The van der Waals surface area contributed by atoms with Gasteiger partial charge in [0.15, 0.2) is 12.4 Å². The van der Waals surface area contributed by atoms with Crippen LogP contribution >= 0.6 is 0 Å². The highest BCUT2D eigenvalue weighted by atomic mass is 16.5.